The predicted octanol–water partition coefficient (Wildman–Crippen LogP) is 2.43. The highest BCUT2D eigenvalue weighted by atomic mass is 16.5. The Hall–Kier alpha value is -1.35. The van der Waals surface area contributed by atoms with Crippen molar-refractivity contribution in [1.29, 1.82) is 0 Å². The molecule has 0 radical (unpaired) electrons. The van der Waals surface area contributed by atoms with E-state index in [0.29, 0.717) is 25.4 Å². The van der Waals surface area contributed by atoms with Gasteiger partial charge in [0.05, 0.1) is 19.1 Å². The number of carbonyl (C=O) groups is 1. The second-order valence-corrected chi connectivity index (χ2v) is 4.87. The summed E-state index contributed by atoms with van der Waals surface area (Å²) >= 11 is 0. The third-order valence-corrected chi connectivity index (χ3v) is 3.46. The van der Waals surface area contributed by atoms with Gasteiger partial charge in [-0.1, -0.05) is 12.1 Å². The minimum atomic E-state index is 0.0270. The Bertz CT molecular complexity index is 417. The lowest BCUT2D eigenvalue weighted by Gasteiger charge is -2.29. The summed E-state index contributed by atoms with van der Waals surface area (Å²) in [5.74, 6) is 0.367. The van der Waals surface area contributed by atoms with Gasteiger partial charge in [0, 0.05) is 25.2 Å². The number of aryl methyl sites for hydroxylation is 1. The second kappa shape index (κ2) is 6.01. The Morgan fingerprint density at radius 3 is 2.94 bits per heavy atom. The number of rotatable bonds is 4. The molecule has 1 fully saturated rings. The first-order chi connectivity index (χ1) is 8.70. The molecule has 0 N–H and O–H groups in total. The molecule has 1 unspecified atom stereocenters. The van der Waals surface area contributed by atoms with E-state index in [1.165, 1.54) is 11.3 Å². The summed E-state index contributed by atoms with van der Waals surface area (Å²) in [6.45, 7) is 7.04. The van der Waals surface area contributed by atoms with Crippen molar-refractivity contribution in [2.45, 2.75) is 20.3 Å². The number of nitrogens with zero attached hydrogens (tertiary/aromatic N) is 1. The van der Waals surface area contributed by atoms with E-state index in [1.807, 2.05) is 0 Å². The largest absolute Gasteiger partial charge is 0.380 e. The molecular formula is C15H21NO2. The van der Waals surface area contributed by atoms with Crippen LogP contribution in [0.5, 0.6) is 0 Å². The van der Waals surface area contributed by atoms with Gasteiger partial charge < -0.3 is 9.64 Å². The molecule has 1 atom stereocenters. The smallest absolute Gasteiger partial charge is 0.142 e. The molecule has 0 spiro atoms. The van der Waals surface area contributed by atoms with Gasteiger partial charge in [-0.05, 0) is 31.5 Å². The Labute approximate surface area is 109 Å². The second-order valence-electron chi connectivity index (χ2n) is 4.87. The lowest BCUT2D eigenvalue weighted by Crippen LogP contribution is -2.38. The fourth-order valence-electron chi connectivity index (χ4n) is 2.36. The number of Topliss-reactive ketones (excluding diaryl/α,β-unsaturated/α-hetero) is 1. The van der Waals surface area contributed by atoms with Crippen LogP contribution in [0.2, 0.25) is 0 Å². The zero-order valence-corrected chi connectivity index (χ0v) is 11.2. The van der Waals surface area contributed by atoms with Crippen molar-refractivity contribution in [3.8, 4) is 0 Å². The fourth-order valence-corrected chi connectivity index (χ4v) is 2.36. The fraction of sp³-hybridized carbons (Fsp3) is 0.533. The molecule has 3 heteroatoms. The summed E-state index contributed by atoms with van der Waals surface area (Å²) in [5.41, 5.74) is 2.44. The molecule has 3 nitrogen and oxygen atoms in total. The molecule has 0 amide bonds. The third kappa shape index (κ3) is 3.10. The summed E-state index contributed by atoms with van der Waals surface area (Å²) in [6.07, 6.45) is 0.566. The molecule has 1 aromatic carbocycles. The molecule has 1 heterocycles. The van der Waals surface area contributed by atoms with E-state index in [0.717, 1.165) is 13.1 Å². The van der Waals surface area contributed by atoms with Crippen molar-refractivity contribution in [3.05, 3.63) is 29.8 Å². The van der Waals surface area contributed by atoms with Crippen molar-refractivity contribution in [2.75, 3.05) is 31.2 Å². The van der Waals surface area contributed by atoms with Gasteiger partial charge in [0.15, 0.2) is 0 Å². The molecule has 1 saturated heterocycles. The number of carbonyl (C=O) groups excluding carboxylic acids is 1. The van der Waals surface area contributed by atoms with E-state index in [2.05, 4.69) is 43.0 Å². The monoisotopic (exact) mass is 247 g/mol. The first-order valence-electron chi connectivity index (χ1n) is 6.62. The molecule has 0 aliphatic carbocycles. The highest BCUT2D eigenvalue weighted by Crippen LogP contribution is 2.19. The van der Waals surface area contributed by atoms with E-state index < -0.39 is 0 Å². The van der Waals surface area contributed by atoms with Gasteiger partial charge in [0.2, 0.25) is 0 Å². The number of ether oxygens (including phenoxy) is 1. The van der Waals surface area contributed by atoms with Crippen LogP contribution in [0.25, 0.3) is 0 Å². The summed E-state index contributed by atoms with van der Waals surface area (Å²) in [6, 6.07) is 8.42. The van der Waals surface area contributed by atoms with Gasteiger partial charge in [0.1, 0.15) is 5.78 Å². The third-order valence-electron chi connectivity index (χ3n) is 3.46. The van der Waals surface area contributed by atoms with Crippen molar-refractivity contribution in [3.63, 3.8) is 0 Å². The number of hydrogen-bond donors (Lipinski definition) is 0. The standard InChI is InChI=1S/C15H21NO2/c1-3-16(14-6-4-5-12(2)9-14)10-13-11-18-8-7-15(13)17/h4-6,9,13H,3,7-8,10-11H2,1-2H3. The topological polar surface area (TPSA) is 29.5 Å². The van der Waals surface area contributed by atoms with Crippen molar-refractivity contribution < 1.29 is 9.53 Å². The summed E-state index contributed by atoms with van der Waals surface area (Å²) in [4.78, 5) is 14.1. The van der Waals surface area contributed by atoms with Crippen molar-refractivity contribution in [1.82, 2.24) is 0 Å². The molecule has 0 saturated carbocycles. The quantitative estimate of drug-likeness (QED) is 0.818. The Balaban J connectivity index is 2.07. The van der Waals surface area contributed by atoms with E-state index in [4.69, 9.17) is 4.74 Å². The molecular weight excluding hydrogens is 226 g/mol. The first-order valence-corrected chi connectivity index (χ1v) is 6.62. The number of hydrogen-bond acceptors (Lipinski definition) is 3. The minimum absolute atomic E-state index is 0.0270. The number of ketones is 1. The Morgan fingerprint density at radius 1 is 1.44 bits per heavy atom. The first kappa shape index (κ1) is 13.1. The molecule has 1 aromatic rings. The van der Waals surface area contributed by atoms with Gasteiger partial charge in [-0.25, -0.2) is 0 Å². The average Bonchev–Trinajstić information content (AvgIpc) is 2.38. The van der Waals surface area contributed by atoms with Crippen molar-refractivity contribution >= 4 is 11.5 Å². The van der Waals surface area contributed by atoms with Gasteiger partial charge in [-0.2, -0.15) is 0 Å². The SMILES string of the molecule is CCN(CC1COCCC1=O)c1cccc(C)c1. The molecule has 2 rings (SSSR count). The normalized spacial score (nSPS) is 19.9. The van der Waals surface area contributed by atoms with Crippen molar-refractivity contribution in [2.24, 2.45) is 5.92 Å². The zero-order chi connectivity index (χ0) is 13.0. The highest BCUT2D eigenvalue weighted by molar-refractivity contribution is 5.82. The predicted molar refractivity (Wildman–Crippen MR) is 73.0 cm³/mol. The summed E-state index contributed by atoms with van der Waals surface area (Å²) < 4.78 is 5.41. The van der Waals surface area contributed by atoms with E-state index >= 15 is 0 Å². The van der Waals surface area contributed by atoms with Crippen LogP contribution in [0, 0.1) is 12.8 Å². The maximum absolute atomic E-state index is 11.8. The lowest BCUT2D eigenvalue weighted by atomic mass is 9.99. The minimum Gasteiger partial charge on any atom is -0.380 e. The number of benzene rings is 1. The average molecular weight is 247 g/mol. The lowest BCUT2D eigenvalue weighted by molar-refractivity contribution is -0.129. The molecule has 0 bridgehead atoms. The van der Waals surface area contributed by atoms with Gasteiger partial charge in [-0.3, -0.25) is 4.79 Å². The van der Waals surface area contributed by atoms with Crippen LogP contribution < -0.4 is 4.90 Å². The summed E-state index contributed by atoms with van der Waals surface area (Å²) in [5, 5.41) is 0. The van der Waals surface area contributed by atoms with Crippen LogP contribution in [-0.4, -0.2) is 32.1 Å². The van der Waals surface area contributed by atoms with Gasteiger partial charge >= 0.3 is 0 Å². The van der Waals surface area contributed by atoms with Crippen LogP contribution in [0.1, 0.15) is 18.9 Å². The van der Waals surface area contributed by atoms with Crippen LogP contribution in [0.4, 0.5) is 5.69 Å². The van der Waals surface area contributed by atoms with Crippen LogP contribution in [0.15, 0.2) is 24.3 Å². The molecule has 1 aliphatic heterocycles. The zero-order valence-electron chi connectivity index (χ0n) is 11.2. The maximum atomic E-state index is 11.8. The molecule has 18 heavy (non-hydrogen) atoms. The highest BCUT2D eigenvalue weighted by Gasteiger charge is 2.24. The van der Waals surface area contributed by atoms with Gasteiger partial charge in [-0.15, -0.1) is 0 Å². The summed E-state index contributed by atoms with van der Waals surface area (Å²) in [7, 11) is 0. The number of anilines is 1. The molecule has 0 aromatic heterocycles. The molecule has 1 aliphatic rings. The Kier molecular flexibility index (Phi) is 4.37. The van der Waals surface area contributed by atoms with E-state index in [-0.39, 0.29) is 5.92 Å². The van der Waals surface area contributed by atoms with Crippen LogP contribution >= 0.6 is 0 Å². The Morgan fingerprint density at radius 2 is 2.28 bits per heavy atom. The van der Waals surface area contributed by atoms with Crippen LogP contribution in [-0.2, 0) is 9.53 Å². The van der Waals surface area contributed by atoms with E-state index in [1.54, 1.807) is 0 Å². The van der Waals surface area contributed by atoms with Crippen LogP contribution in [0.3, 0.4) is 0 Å². The maximum Gasteiger partial charge on any atom is 0.142 e. The van der Waals surface area contributed by atoms with Gasteiger partial charge in [0.25, 0.3) is 0 Å². The van der Waals surface area contributed by atoms with E-state index in [9.17, 15) is 4.79 Å². The molecule has 98 valence electrons.